The molecule has 1 unspecified atom stereocenters. The van der Waals surface area contributed by atoms with Crippen molar-refractivity contribution in [1.82, 2.24) is 0 Å². The van der Waals surface area contributed by atoms with E-state index in [0.717, 1.165) is 36.1 Å². The average molecular weight is 338 g/mol. The predicted molar refractivity (Wildman–Crippen MR) is 95.4 cm³/mol. The Hall–Kier alpha value is -2.75. The van der Waals surface area contributed by atoms with E-state index in [1.807, 2.05) is 24.3 Å². The number of hydrogen-bond donors (Lipinski definition) is 2. The summed E-state index contributed by atoms with van der Waals surface area (Å²) in [6.45, 7) is 0. The monoisotopic (exact) mass is 338 g/mol. The Kier molecular flexibility index (Phi) is 5.39. The molecule has 0 amide bonds. The first-order chi connectivity index (χ1) is 12.1. The summed E-state index contributed by atoms with van der Waals surface area (Å²) < 4.78 is 5.99. The minimum Gasteiger partial charge on any atom is -0.508 e. The van der Waals surface area contributed by atoms with Crippen molar-refractivity contribution in [2.24, 2.45) is 0 Å². The zero-order chi connectivity index (χ0) is 17.6. The molecule has 0 saturated heterocycles. The van der Waals surface area contributed by atoms with Crippen LogP contribution in [0.1, 0.15) is 30.4 Å². The number of aromatic hydroxyl groups is 2. The lowest BCUT2D eigenvalue weighted by molar-refractivity contribution is -0.118. The minimum absolute atomic E-state index is 0.0962. The lowest BCUT2D eigenvalue weighted by Gasteiger charge is -2.24. The molecule has 0 saturated carbocycles. The van der Waals surface area contributed by atoms with Crippen LogP contribution in [0.5, 0.6) is 11.5 Å². The normalized spacial score (nSPS) is 17.0. The molecule has 1 heterocycles. The quantitative estimate of drug-likeness (QED) is 0.838. The Bertz CT molecular complexity index is 744. The fourth-order valence-corrected chi connectivity index (χ4v) is 2.97. The molecule has 2 aromatic rings. The smallest absolute Gasteiger partial charge is 0.162 e. The number of rotatable bonds is 6. The number of ketones is 1. The maximum atomic E-state index is 12.0. The number of hydrogen-bond acceptors (Lipinski definition) is 4. The summed E-state index contributed by atoms with van der Waals surface area (Å²) in [5, 5.41) is 18.6. The summed E-state index contributed by atoms with van der Waals surface area (Å²) in [5.41, 5.74) is 2.22. The van der Waals surface area contributed by atoms with Crippen molar-refractivity contribution >= 4 is 5.78 Å². The molecule has 3 rings (SSSR count). The van der Waals surface area contributed by atoms with Crippen LogP contribution in [0.2, 0.25) is 0 Å². The Morgan fingerprint density at radius 3 is 2.00 bits per heavy atom. The van der Waals surface area contributed by atoms with E-state index in [1.54, 1.807) is 30.3 Å². The van der Waals surface area contributed by atoms with Crippen LogP contribution in [-0.4, -0.2) is 22.1 Å². The summed E-state index contributed by atoms with van der Waals surface area (Å²) in [5.74, 6) is 1.36. The van der Waals surface area contributed by atoms with Gasteiger partial charge in [-0.3, -0.25) is 4.79 Å². The molecule has 4 heteroatoms. The van der Waals surface area contributed by atoms with Crippen molar-refractivity contribution in [2.75, 3.05) is 0 Å². The van der Waals surface area contributed by atoms with E-state index in [9.17, 15) is 15.0 Å². The summed E-state index contributed by atoms with van der Waals surface area (Å²) in [6, 6.07) is 14.2. The highest BCUT2D eigenvalue weighted by Gasteiger charge is 2.21. The second kappa shape index (κ2) is 7.88. The van der Waals surface area contributed by atoms with Crippen LogP contribution in [-0.2, 0) is 22.4 Å². The van der Waals surface area contributed by atoms with Crippen LogP contribution in [0, 0.1) is 0 Å². The van der Waals surface area contributed by atoms with E-state index in [4.69, 9.17) is 4.74 Å². The van der Waals surface area contributed by atoms with Crippen molar-refractivity contribution < 1.29 is 19.7 Å². The molecule has 0 fully saturated rings. The van der Waals surface area contributed by atoms with Crippen LogP contribution in [0.3, 0.4) is 0 Å². The first kappa shape index (κ1) is 17.1. The van der Waals surface area contributed by atoms with Gasteiger partial charge in [0.1, 0.15) is 23.4 Å². The Morgan fingerprint density at radius 2 is 1.40 bits per heavy atom. The van der Waals surface area contributed by atoms with Crippen LogP contribution in [0.15, 0.2) is 60.4 Å². The number of ether oxygens (including phenoxy) is 1. The third-order valence-corrected chi connectivity index (χ3v) is 4.36. The van der Waals surface area contributed by atoms with Crippen molar-refractivity contribution in [1.29, 1.82) is 0 Å². The zero-order valence-corrected chi connectivity index (χ0v) is 14.0. The number of phenols is 2. The molecule has 0 aromatic heterocycles. The molecular weight excluding hydrogens is 316 g/mol. The number of benzene rings is 2. The summed E-state index contributed by atoms with van der Waals surface area (Å²) in [4.78, 5) is 12.0. The topological polar surface area (TPSA) is 66.8 Å². The lowest BCUT2D eigenvalue weighted by Crippen LogP contribution is -2.23. The number of carbonyl (C=O) groups excluding carboxylic acids is 1. The third kappa shape index (κ3) is 5.11. The van der Waals surface area contributed by atoms with Gasteiger partial charge in [-0.05, 0) is 54.7 Å². The van der Waals surface area contributed by atoms with Crippen LogP contribution in [0.25, 0.3) is 0 Å². The predicted octanol–water partition coefficient (Wildman–Crippen LogP) is 3.91. The van der Waals surface area contributed by atoms with Crippen molar-refractivity contribution in [2.45, 2.75) is 38.2 Å². The standard InChI is InChI=1S/C21H22O4/c22-17-7-1-15(2-8-17)5-11-20-13-19(24)14-21(25-20)12-6-16-3-9-18(23)10-4-16/h1-4,7-10,13,21-23H,5-6,11-12,14H2. The molecule has 1 aliphatic heterocycles. The maximum absolute atomic E-state index is 12.0. The van der Waals surface area contributed by atoms with Gasteiger partial charge in [0.15, 0.2) is 5.78 Å². The van der Waals surface area contributed by atoms with Gasteiger partial charge in [-0.2, -0.15) is 0 Å². The van der Waals surface area contributed by atoms with E-state index in [2.05, 4.69) is 0 Å². The molecule has 0 spiro atoms. The highest BCUT2D eigenvalue weighted by Crippen LogP contribution is 2.23. The van der Waals surface area contributed by atoms with Gasteiger partial charge < -0.3 is 14.9 Å². The zero-order valence-electron chi connectivity index (χ0n) is 14.0. The number of carbonyl (C=O) groups is 1. The van der Waals surface area contributed by atoms with E-state index in [0.29, 0.717) is 12.8 Å². The second-order valence-corrected chi connectivity index (χ2v) is 6.39. The molecule has 1 atom stereocenters. The molecule has 2 aromatic carbocycles. The van der Waals surface area contributed by atoms with Crippen molar-refractivity contribution in [3.63, 3.8) is 0 Å². The molecule has 1 aliphatic rings. The number of phenolic OH excluding ortho intramolecular Hbond substituents is 2. The molecule has 0 bridgehead atoms. The van der Waals surface area contributed by atoms with Gasteiger partial charge in [0, 0.05) is 18.9 Å². The highest BCUT2D eigenvalue weighted by molar-refractivity contribution is 5.91. The van der Waals surface area contributed by atoms with Gasteiger partial charge in [0.05, 0.1) is 0 Å². The van der Waals surface area contributed by atoms with Gasteiger partial charge in [-0.25, -0.2) is 0 Å². The van der Waals surface area contributed by atoms with Gasteiger partial charge in [-0.1, -0.05) is 24.3 Å². The number of aryl methyl sites for hydroxylation is 2. The van der Waals surface area contributed by atoms with Crippen molar-refractivity contribution in [3.8, 4) is 11.5 Å². The average Bonchev–Trinajstić information content (AvgIpc) is 2.60. The lowest BCUT2D eigenvalue weighted by atomic mass is 10.00. The SMILES string of the molecule is O=C1C=C(CCc2ccc(O)cc2)OC(CCc2ccc(O)cc2)C1. The van der Waals surface area contributed by atoms with Crippen LogP contribution < -0.4 is 0 Å². The molecule has 4 nitrogen and oxygen atoms in total. The van der Waals surface area contributed by atoms with Gasteiger partial charge in [-0.15, -0.1) is 0 Å². The summed E-state index contributed by atoms with van der Waals surface area (Å²) >= 11 is 0. The molecule has 0 radical (unpaired) electrons. The maximum Gasteiger partial charge on any atom is 0.162 e. The van der Waals surface area contributed by atoms with E-state index in [1.165, 1.54) is 0 Å². The second-order valence-electron chi connectivity index (χ2n) is 6.39. The summed E-state index contributed by atoms with van der Waals surface area (Å²) in [6.07, 6.45) is 4.95. The van der Waals surface area contributed by atoms with Gasteiger partial charge in [0.25, 0.3) is 0 Å². The Balaban J connectivity index is 1.52. The Morgan fingerprint density at radius 1 is 0.840 bits per heavy atom. The van der Waals surface area contributed by atoms with E-state index < -0.39 is 0 Å². The third-order valence-electron chi connectivity index (χ3n) is 4.36. The molecule has 0 aliphatic carbocycles. The number of allylic oxidation sites excluding steroid dienone is 2. The van der Waals surface area contributed by atoms with E-state index in [-0.39, 0.29) is 23.4 Å². The van der Waals surface area contributed by atoms with Crippen LogP contribution in [0.4, 0.5) is 0 Å². The highest BCUT2D eigenvalue weighted by atomic mass is 16.5. The Labute approximate surface area is 147 Å². The first-order valence-electron chi connectivity index (χ1n) is 8.54. The molecule has 130 valence electrons. The largest absolute Gasteiger partial charge is 0.508 e. The summed E-state index contributed by atoms with van der Waals surface area (Å²) in [7, 11) is 0. The minimum atomic E-state index is -0.0962. The van der Waals surface area contributed by atoms with Gasteiger partial charge in [0.2, 0.25) is 0 Å². The van der Waals surface area contributed by atoms with Crippen molar-refractivity contribution in [3.05, 3.63) is 71.5 Å². The molecule has 2 N–H and O–H groups in total. The first-order valence-corrected chi connectivity index (χ1v) is 8.54. The van der Waals surface area contributed by atoms with Crippen LogP contribution >= 0.6 is 0 Å². The van der Waals surface area contributed by atoms with E-state index >= 15 is 0 Å². The fourth-order valence-electron chi connectivity index (χ4n) is 2.97. The van der Waals surface area contributed by atoms with Gasteiger partial charge >= 0.3 is 0 Å². The molecule has 25 heavy (non-hydrogen) atoms. The molecular formula is C21H22O4. The fraction of sp³-hybridized carbons (Fsp3) is 0.286.